The molecule has 0 aliphatic carbocycles. The van der Waals surface area contributed by atoms with Crippen LogP contribution in [0, 0.1) is 0 Å². The SMILES string of the molecule is CCCCCCCCCCCCOC(=O)CS.CCCCCCCCCCCCOC(=O)CS.CCCCCCCCCCCCOC(=O)CS.CCCCCCC[CH2][Sn]. The average molecular weight is 1010 g/mol. The second kappa shape index (κ2) is 65.9. The molecule has 0 rings (SSSR count). The van der Waals surface area contributed by atoms with Crippen molar-refractivity contribution in [2.75, 3.05) is 37.1 Å². The molecule has 0 saturated carbocycles. The van der Waals surface area contributed by atoms with Gasteiger partial charge in [-0.3, -0.25) is 14.4 Å². The Morgan fingerprint density at radius 1 is 0.300 bits per heavy atom. The van der Waals surface area contributed by atoms with Gasteiger partial charge in [0.1, 0.15) is 0 Å². The summed E-state index contributed by atoms with van der Waals surface area (Å²) in [6, 6.07) is 0. The fourth-order valence-electron chi connectivity index (χ4n) is 6.37. The zero-order valence-electron chi connectivity index (χ0n) is 40.2. The van der Waals surface area contributed by atoms with Crippen LogP contribution in [0.25, 0.3) is 0 Å². The average Bonchev–Trinajstić information content (AvgIpc) is 3.26. The number of rotatable bonds is 42. The minimum absolute atomic E-state index is 0.192. The predicted molar refractivity (Wildman–Crippen MR) is 274 cm³/mol. The van der Waals surface area contributed by atoms with E-state index in [0.29, 0.717) is 19.8 Å². The molecule has 60 heavy (non-hydrogen) atoms. The Morgan fingerprint density at radius 2 is 0.467 bits per heavy atom. The Labute approximate surface area is 404 Å². The molecule has 359 valence electrons. The summed E-state index contributed by atoms with van der Waals surface area (Å²) >= 11 is 13.3. The van der Waals surface area contributed by atoms with Gasteiger partial charge in [0.15, 0.2) is 0 Å². The Morgan fingerprint density at radius 3 is 0.633 bits per heavy atom. The van der Waals surface area contributed by atoms with Crippen LogP contribution < -0.4 is 0 Å². The van der Waals surface area contributed by atoms with Crippen molar-refractivity contribution in [3.63, 3.8) is 0 Å². The van der Waals surface area contributed by atoms with E-state index in [9.17, 15) is 14.4 Å². The van der Waals surface area contributed by atoms with Gasteiger partial charge in [-0.05, 0) is 19.3 Å². The van der Waals surface area contributed by atoms with Crippen LogP contribution in [0.15, 0.2) is 0 Å². The standard InChI is InChI=1S/3C14H28O2S.C8H17.Sn/c3*1-2-3-4-5-6-7-8-9-10-11-12-16-14(15)13-17;1-3-5-7-8-6-4-2;/h3*17H,2-13H2,1H3;1,3-8H2,2H3;. The number of ether oxygens (including phenoxy) is 3. The maximum absolute atomic E-state index is 10.8. The van der Waals surface area contributed by atoms with Gasteiger partial charge in [-0.2, -0.15) is 37.9 Å². The third kappa shape index (κ3) is 72.7. The summed E-state index contributed by atoms with van der Waals surface area (Å²) in [5.74, 6) is -0.0365. The second-order valence-electron chi connectivity index (χ2n) is 16.2. The molecule has 3 radical (unpaired) electrons. The number of esters is 3. The molecule has 0 aromatic heterocycles. The second-order valence-corrected chi connectivity index (χ2v) is 18.6. The number of carbonyl (C=O) groups excluding carboxylic acids is 3. The molecule has 0 atom stereocenters. The Kier molecular flexibility index (Phi) is 73.4. The molecule has 0 fully saturated rings. The van der Waals surface area contributed by atoms with E-state index in [1.807, 2.05) is 0 Å². The topological polar surface area (TPSA) is 78.9 Å². The van der Waals surface area contributed by atoms with Crippen LogP contribution in [0.3, 0.4) is 0 Å². The van der Waals surface area contributed by atoms with E-state index >= 15 is 0 Å². The molecule has 10 heteroatoms. The van der Waals surface area contributed by atoms with Gasteiger partial charge in [0.25, 0.3) is 0 Å². The minimum atomic E-state index is -0.204. The van der Waals surface area contributed by atoms with Gasteiger partial charge >= 0.3 is 90.3 Å². The Hall–Kier alpha value is 0.259. The number of carbonyl (C=O) groups is 3. The van der Waals surface area contributed by atoms with Gasteiger partial charge in [-0.1, -0.05) is 194 Å². The van der Waals surface area contributed by atoms with Crippen molar-refractivity contribution in [3.05, 3.63) is 0 Å². The molecule has 0 heterocycles. The van der Waals surface area contributed by atoms with Gasteiger partial charge in [0, 0.05) is 0 Å². The van der Waals surface area contributed by atoms with Crippen LogP contribution in [0.5, 0.6) is 0 Å². The molecule has 0 aliphatic rings. The zero-order chi connectivity index (χ0) is 45.3. The monoisotopic (exact) mass is 1010 g/mol. The molecule has 6 nitrogen and oxygen atoms in total. The van der Waals surface area contributed by atoms with Gasteiger partial charge in [-0.15, -0.1) is 0 Å². The van der Waals surface area contributed by atoms with Crippen molar-refractivity contribution in [2.45, 2.75) is 263 Å². The summed E-state index contributed by atoms with van der Waals surface area (Å²) in [5, 5.41) is 0. The van der Waals surface area contributed by atoms with E-state index in [0.717, 1.165) is 19.3 Å². The van der Waals surface area contributed by atoms with Crippen molar-refractivity contribution in [1.82, 2.24) is 0 Å². The van der Waals surface area contributed by atoms with Crippen LogP contribution >= 0.6 is 37.9 Å². The van der Waals surface area contributed by atoms with Gasteiger partial charge in [-0.25, -0.2) is 0 Å². The van der Waals surface area contributed by atoms with Crippen LogP contribution in [0.4, 0.5) is 0 Å². The molecule has 0 saturated heterocycles. The van der Waals surface area contributed by atoms with Gasteiger partial charge in [0.05, 0.1) is 37.1 Å². The molecule has 0 spiro atoms. The van der Waals surface area contributed by atoms with Crippen LogP contribution in [-0.2, 0) is 28.6 Å². The molecule has 0 bridgehead atoms. The van der Waals surface area contributed by atoms with Gasteiger partial charge in [0.2, 0.25) is 0 Å². The van der Waals surface area contributed by atoms with E-state index in [-0.39, 0.29) is 35.2 Å². The molecule has 0 unspecified atom stereocenters. The van der Waals surface area contributed by atoms with Crippen molar-refractivity contribution in [3.8, 4) is 0 Å². The molecule has 0 aliphatic heterocycles. The van der Waals surface area contributed by atoms with Crippen LogP contribution in [-0.4, -0.2) is 77.5 Å². The van der Waals surface area contributed by atoms with Crippen molar-refractivity contribution in [1.29, 1.82) is 0 Å². The fourth-order valence-corrected chi connectivity index (χ4v) is 7.36. The van der Waals surface area contributed by atoms with Crippen LogP contribution in [0.1, 0.15) is 259 Å². The third-order valence-electron chi connectivity index (χ3n) is 10.2. The van der Waals surface area contributed by atoms with Crippen molar-refractivity contribution >= 4 is 78.3 Å². The number of thiol groups is 3. The number of hydrogen-bond donors (Lipinski definition) is 3. The van der Waals surface area contributed by atoms with Crippen molar-refractivity contribution in [2.24, 2.45) is 0 Å². The summed E-state index contributed by atoms with van der Waals surface area (Å²) < 4.78 is 16.3. The maximum atomic E-state index is 10.8. The quantitative estimate of drug-likeness (QED) is 0.0186. The molecular weight excluding hydrogens is 911 g/mol. The number of unbranched alkanes of at least 4 members (excludes halogenated alkanes) is 32. The molecule has 0 aromatic rings. The predicted octanol–water partition coefficient (Wildman–Crippen LogP) is 16.1. The molecular formula is C50H101O6S3Sn. The molecule has 0 N–H and O–H groups in total. The third-order valence-corrected chi connectivity index (χ3v) is 12.0. The fraction of sp³-hybridized carbons (Fsp3) is 0.940. The van der Waals surface area contributed by atoms with E-state index in [1.165, 1.54) is 216 Å². The first-order valence-electron chi connectivity index (χ1n) is 25.3. The van der Waals surface area contributed by atoms with E-state index in [4.69, 9.17) is 14.2 Å². The van der Waals surface area contributed by atoms with Crippen molar-refractivity contribution < 1.29 is 28.6 Å². The summed E-state index contributed by atoms with van der Waals surface area (Å²) in [5.41, 5.74) is 0. The van der Waals surface area contributed by atoms with E-state index < -0.39 is 0 Å². The first kappa shape index (κ1) is 66.9. The summed E-state index contributed by atoms with van der Waals surface area (Å²) in [6.07, 6.45) is 47.8. The Bertz CT molecular complexity index is 712. The first-order chi connectivity index (χ1) is 29.3. The summed E-state index contributed by atoms with van der Waals surface area (Å²) in [6.45, 7) is 10.7. The Balaban J connectivity index is -0.000000356. The van der Waals surface area contributed by atoms with Gasteiger partial charge < -0.3 is 14.2 Å². The zero-order valence-corrected chi connectivity index (χ0v) is 45.7. The summed E-state index contributed by atoms with van der Waals surface area (Å²) in [4.78, 5) is 32.3. The normalized spacial score (nSPS) is 10.4. The van der Waals surface area contributed by atoms with E-state index in [1.54, 1.807) is 22.5 Å². The first-order valence-corrected chi connectivity index (χ1v) is 29.2. The summed E-state index contributed by atoms with van der Waals surface area (Å²) in [7, 11) is 0. The molecule has 0 amide bonds. The molecule has 0 aromatic carbocycles. The van der Waals surface area contributed by atoms with Crippen LogP contribution in [0.2, 0.25) is 4.44 Å². The van der Waals surface area contributed by atoms with E-state index in [2.05, 4.69) is 65.6 Å². The number of hydrogen-bond acceptors (Lipinski definition) is 9.